The number of methoxy groups -OCH3 is 1. The number of nitrogens with one attached hydrogen (secondary N) is 1. The molecule has 1 N–H and O–H groups in total. The summed E-state index contributed by atoms with van der Waals surface area (Å²) < 4.78 is 4.74. The maximum Gasteiger partial charge on any atom is 0.329 e. The first kappa shape index (κ1) is 12.1. The lowest BCUT2D eigenvalue weighted by Gasteiger charge is -2.13. The molecule has 1 aromatic heterocycles. The van der Waals surface area contributed by atoms with Gasteiger partial charge in [-0.1, -0.05) is 6.92 Å². The van der Waals surface area contributed by atoms with Crippen molar-refractivity contribution in [1.29, 1.82) is 0 Å². The standard InChI is InChI=1S/C10H16N2O2S/c1-4-5-11-9(10(13)14-3)8-6-15-7(2)12-8/h6,9,11H,4-5H2,1-3H3. The van der Waals surface area contributed by atoms with Crippen LogP contribution >= 0.6 is 11.3 Å². The van der Waals surface area contributed by atoms with Gasteiger partial charge in [0.2, 0.25) is 0 Å². The number of hydrogen-bond acceptors (Lipinski definition) is 5. The minimum atomic E-state index is -0.431. The van der Waals surface area contributed by atoms with Crippen LogP contribution in [0, 0.1) is 6.92 Å². The van der Waals surface area contributed by atoms with Crippen molar-refractivity contribution in [2.24, 2.45) is 0 Å². The smallest absolute Gasteiger partial charge is 0.329 e. The second-order valence-electron chi connectivity index (χ2n) is 3.20. The van der Waals surface area contributed by atoms with Crippen molar-refractivity contribution in [3.8, 4) is 0 Å². The van der Waals surface area contributed by atoms with Crippen molar-refractivity contribution in [3.63, 3.8) is 0 Å². The molecule has 1 aromatic rings. The molecular formula is C10H16N2O2S. The van der Waals surface area contributed by atoms with Gasteiger partial charge in [-0.15, -0.1) is 11.3 Å². The van der Waals surface area contributed by atoms with E-state index in [0.717, 1.165) is 23.7 Å². The van der Waals surface area contributed by atoms with Crippen molar-refractivity contribution in [2.45, 2.75) is 26.3 Å². The van der Waals surface area contributed by atoms with Gasteiger partial charge in [0, 0.05) is 5.38 Å². The summed E-state index contributed by atoms with van der Waals surface area (Å²) in [6.45, 7) is 4.74. The van der Waals surface area contributed by atoms with Crippen LogP contribution in [0.1, 0.15) is 30.1 Å². The zero-order valence-electron chi connectivity index (χ0n) is 9.24. The molecule has 0 aromatic carbocycles. The monoisotopic (exact) mass is 228 g/mol. The molecule has 5 heteroatoms. The van der Waals surface area contributed by atoms with E-state index in [-0.39, 0.29) is 5.97 Å². The molecule has 15 heavy (non-hydrogen) atoms. The number of esters is 1. The van der Waals surface area contributed by atoms with Crippen LogP contribution in [0.15, 0.2) is 5.38 Å². The van der Waals surface area contributed by atoms with Gasteiger partial charge in [0.25, 0.3) is 0 Å². The van der Waals surface area contributed by atoms with Crippen molar-refractivity contribution in [1.82, 2.24) is 10.3 Å². The number of aryl methyl sites for hydroxylation is 1. The molecule has 0 amide bonds. The van der Waals surface area contributed by atoms with Gasteiger partial charge in [-0.05, 0) is 19.9 Å². The number of carbonyl (C=O) groups excluding carboxylic acids is 1. The first-order valence-electron chi connectivity index (χ1n) is 4.92. The molecule has 0 aliphatic heterocycles. The van der Waals surface area contributed by atoms with Crippen LogP contribution in [0.2, 0.25) is 0 Å². The molecule has 0 radical (unpaired) electrons. The fourth-order valence-corrected chi connectivity index (χ4v) is 1.87. The molecule has 1 rings (SSSR count). The maximum absolute atomic E-state index is 11.5. The van der Waals surface area contributed by atoms with E-state index >= 15 is 0 Å². The van der Waals surface area contributed by atoms with E-state index in [1.54, 1.807) is 0 Å². The van der Waals surface area contributed by atoms with Crippen molar-refractivity contribution >= 4 is 17.3 Å². The molecule has 0 saturated carbocycles. The van der Waals surface area contributed by atoms with Crippen molar-refractivity contribution < 1.29 is 9.53 Å². The van der Waals surface area contributed by atoms with Crippen LogP contribution in [-0.2, 0) is 9.53 Å². The Hall–Kier alpha value is -0.940. The number of nitrogens with zero attached hydrogens (tertiary/aromatic N) is 1. The lowest BCUT2D eigenvalue weighted by molar-refractivity contribution is -0.143. The Morgan fingerprint density at radius 1 is 1.73 bits per heavy atom. The second kappa shape index (κ2) is 5.82. The highest BCUT2D eigenvalue weighted by Crippen LogP contribution is 2.17. The minimum Gasteiger partial charge on any atom is -0.468 e. The SMILES string of the molecule is CCCNC(C(=O)OC)c1csc(C)n1. The first-order valence-corrected chi connectivity index (χ1v) is 5.80. The van der Waals surface area contributed by atoms with Crippen LogP contribution in [0.4, 0.5) is 0 Å². The van der Waals surface area contributed by atoms with Gasteiger partial charge in [0.05, 0.1) is 17.8 Å². The van der Waals surface area contributed by atoms with E-state index in [1.807, 2.05) is 19.2 Å². The van der Waals surface area contributed by atoms with Crippen molar-refractivity contribution in [3.05, 3.63) is 16.1 Å². The first-order chi connectivity index (χ1) is 7.19. The number of thiazole rings is 1. The summed E-state index contributed by atoms with van der Waals surface area (Å²) >= 11 is 1.54. The quantitative estimate of drug-likeness (QED) is 0.779. The summed E-state index contributed by atoms with van der Waals surface area (Å²) in [6.07, 6.45) is 0.969. The molecule has 1 unspecified atom stereocenters. The molecule has 0 aliphatic rings. The summed E-state index contributed by atoms with van der Waals surface area (Å²) in [5.74, 6) is -0.284. The second-order valence-corrected chi connectivity index (χ2v) is 4.26. The predicted octanol–water partition coefficient (Wildman–Crippen LogP) is 1.67. The Labute approximate surface area is 93.7 Å². The predicted molar refractivity (Wildman–Crippen MR) is 59.9 cm³/mol. The normalized spacial score (nSPS) is 12.5. The summed E-state index contributed by atoms with van der Waals surface area (Å²) in [6, 6.07) is -0.431. The van der Waals surface area contributed by atoms with E-state index in [1.165, 1.54) is 18.4 Å². The minimum absolute atomic E-state index is 0.284. The van der Waals surface area contributed by atoms with E-state index in [0.29, 0.717) is 0 Å². The molecular weight excluding hydrogens is 212 g/mol. The maximum atomic E-state index is 11.5. The third-order valence-electron chi connectivity index (χ3n) is 1.97. The van der Waals surface area contributed by atoms with Crippen LogP contribution in [0.25, 0.3) is 0 Å². The van der Waals surface area contributed by atoms with E-state index in [9.17, 15) is 4.79 Å². The summed E-state index contributed by atoms with van der Waals surface area (Å²) in [5, 5.41) is 5.96. The third-order valence-corrected chi connectivity index (χ3v) is 2.76. The largest absolute Gasteiger partial charge is 0.468 e. The van der Waals surface area contributed by atoms with E-state index < -0.39 is 6.04 Å². The van der Waals surface area contributed by atoms with Crippen LogP contribution in [-0.4, -0.2) is 24.6 Å². The highest BCUT2D eigenvalue weighted by Gasteiger charge is 2.22. The Balaban J connectivity index is 2.76. The molecule has 0 bridgehead atoms. The van der Waals surface area contributed by atoms with Gasteiger partial charge >= 0.3 is 5.97 Å². The molecule has 0 fully saturated rings. The van der Waals surface area contributed by atoms with Crippen LogP contribution in [0.3, 0.4) is 0 Å². The molecule has 84 valence electrons. The zero-order valence-corrected chi connectivity index (χ0v) is 10.1. The van der Waals surface area contributed by atoms with Crippen LogP contribution in [0.5, 0.6) is 0 Å². The number of rotatable bonds is 5. The van der Waals surface area contributed by atoms with Crippen LogP contribution < -0.4 is 5.32 Å². The molecule has 0 aliphatic carbocycles. The third kappa shape index (κ3) is 3.28. The van der Waals surface area contributed by atoms with Gasteiger partial charge in [0.15, 0.2) is 0 Å². The Morgan fingerprint density at radius 3 is 2.93 bits per heavy atom. The number of aromatic nitrogens is 1. The summed E-state index contributed by atoms with van der Waals surface area (Å²) in [4.78, 5) is 15.8. The Morgan fingerprint density at radius 2 is 2.47 bits per heavy atom. The Bertz CT molecular complexity index is 325. The highest BCUT2D eigenvalue weighted by atomic mass is 32.1. The fraction of sp³-hybridized carbons (Fsp3) is 0.600. The van der Waals surface area contributed by atoms with Gasteiger partial charge in [-0.3, -0.25) is 5.32 Å². The number of ether oxygens (including phenoxy) is 1. The van der Waals surface area contributed by atoms with Gasteiger partial charge < -0.3 is 4.74 Å². The lowest BCUT2D eigenvalue weighted by Crippen LogP contribution is -2.30. The van der Waals surface area contributed by atoms with Crippen molar-refractivity contribution in [2.75, 3.05) is 13.7 Å². The highest BCUT2D eigenvalue weighted by molar-refractivity contribution is 7.09. The average molecular weight is 228 g/mol. The molecule has 0 saturated heterocycles. The van der Waals surface area contributed by atoms with Gasteiger partial charge in [0.1, 0.15) is 6.04 Å². The summed E-state index contributed by atoms with van der Waals surface area (Å²) in [7, 11) is 1.39. The average Bonchev–Trinajstić information content (AvgIpc) is 2.65. The molecule has 0 spiro atoms. The van der Waals surface area contributed by atoms with E-state index in [2.05, 4.69) is 10.3 Å². The van der Waals surface area contributed by atoms with Gasteiger partial charge in [-0.25, -0.2) is 9.78 Å². The topological polar surface area (TPSA) is 51.2 Å². The summed E-state index contributed by atoms with van der Waals surface area (Å²) in [5.41, 5.74) is 0.748. The fourth-order valence-electron chi connectivity index (χ4n) is 1.23. The number of carbonyl (C=O) groups is 1. The zero-order chi connectivity index (χ0) is 11.3. The molecule has 1 atom stereocenters. The lowest BCUT2D eigenvalue weighted by atomic mass is 10.2. The molecule has 4 nitrogen and oxygen atoms in total. The Kier molecular flexibility index (Phi) is 4.71. The van der Waals surface area contributed by atoms with E-state index in [4.69, 9.17) is 4.74 Å². The van der Waals surface area contributed by atoms with Gasteiger partial charge in [-0.2, -0.15) is 0 Å². The molecule has 1 heterocycles. The number of hydrogen-bond donors (Lipinski definition) is 1.